The van der Waals surface area contributed by atoms with E-state index in [0.29, 0.717) is 19.3 Å². The van der Waals surface area contributed by atoms with E-state index in [1.54, 1.807) is 5.43 Å². The van der Waals surface area contributed by atoms with Crippen LogP contribution in [-0.4, -0.2) is 43.1 Å². The first-order chi connectivity index (χ1) is 8.51. The van der Waals surface area contributed by atoms with Crippen LogP contribution in [0.4, 0.5) is 0 Å². The van der Waals surface area contributed by atoms with E-state index in [0.717, 1.165) is 0 Å². The van der Waals surface area contributed by atoms with Gasteiger partial charge in [0.2, 0.25) is 6.41 Å². The van der Waals surface area contributed by atoms with E-state index in [1.807, 2.05) is 0 Å². The van der Waals surface area contributed by atoms with Gasteiger partial charge < -0.3 is 15.8 Å². The molecule has 18 heavy (non-hydrogen) atoms. The van der Waals surface area contributed by atoms with E-state index in [4.69, 9.17) is 5.73 Å². The molecule has 0 fully saturated rings. The molecule has 4 N–H and O–H groups in total. The molecular formula is C8H15N5O5. The number of guanidine groups is 1. The minimum absolute atomic E-state index is 0.181. The van der Waals surface area contributed by atoms with E-state index in [9.17, 15) is 19.7 Å². The molecule has 102 valence electrons. The lowest BCUT2D eigenvalue weighted by Gasteiger charge is -2.12. The summed E-state index contributed by atoms with van der Waals surface area (Å²) in [4.78, 5) is 35.1. The van der Waals surface area contributed by atoms with Gasteiger partial charge in [-0.25, -0.2) is 19.9 Å². The summed E-state index contributed by atoms with van der Waals surface area (Å²) in [7, 11) is 1.21. The molecule has 0 aromatic heterocycles. The number of carbonyl (C=O) groups excluding carboxylic acids is 2. The maximum atomic E-state index is 11.2. The Kier molecular flexibility index (Phi) is 7.57. The molecule has 0 aliphatic rings. The maximum Gasteiger partial charge on any atom is 0.328 e. The molecule has 0 spiro atoms. The van der Waals surface area contributed by atoms with Crippen LogP contribution in [0, 0.1) is 10.1 Å². The number of amides is 1. The number of hydrogen-bond donors (Lipinski definition) is 3. The van der Waals surface area contributed by atoms with Gasteiger partial charge in [-0.05, 0) is 12.8 Å². The lowest BCUT2D eigenvalue weighted by atomic mass is 10.1. The molecule has 0 aromatic rings. The predicted octanol–water partition coefficient (Wildman–Crippen LogP) is -1.85. The molecule has 0 rings (SSSR count). The van der Waals surface area contributed by atoms with Crippen LogP contribution >= 0.6 is 0 Å². The van der Waals surface area contributed by atoms with E-state index in [2.05, 4.69) is 15.0 Å². The number of ether oxygens (including phenoxy) is 1. The van der Waals surface area contributed by atoms with E-state index >= 15 is 0 Å². The molecule has 10 nitrogen and oxygen atoms in total. The minimum Gasteiger partial charge on any atom is -0.467 e. The number of esters is 1. The van der Waals surface area contributed by atoms with Gasteiger partial charge in [0.1, 0.15) is 6.04 Å². The van der Waals surface area contributed by atoms with Crippen LogP contribution in [0.25, 0.3) is 0 Å². The van der Waals surface area contributed by atoms with Crippen molar-refractivity contribution in [3.05, 3.63) is 10.1 Å². The predicted molar refractivity (Wildman–Crippen MR) is 60.9 cm³/mol. The molecule has 0 heterocycles. The molecule has 0 bridgehead atoms. The van der Waals surface area contributed by atoms with E-state index in [-0.39, 0.29) is 12.5 Å². The van der Waals surface area contributed by atoms with Crippen LogP contribution in [0.1, 0.15) is 12.8 Å². The normalized spacial score (nSPS) is 12.4. The van der Waals surface area contributed by atoms with Crippen molar-refractivity contribution in [3.8, 4) is 0 Å². The third-order valence-corrected chi connectivity index (χ3v) is 1.89. The zero-order chi connectivity index (χ0) is 14.0. The maximum absolute atomic E-state index is 11.2. The summed E-state index contributed by atoms with van der Waals surface area (Å²) in [6.07, 6.45) is 1.09. The number of rotatable bonds is 8. The molecule has 0 aliphatic carbocycles. The highest BCUT2D eigenvalue weighted by Gasteiger charge is 2.17. The molecule has 1 atom stereocenters. The Morgan fingerprint density at radius 2 is 2.33 bits per heavy atom. The average molecular weight is 261 g/mol. The zero-order valence-corrected chi connectivity index (χ0v) is 9.79. The standard InChI is InChI=1S/C8H15N5O5/c1-18-7(15)6(11-5-14)3-2-4-10-8(9)12-13(16)17/h5-6H,2-4H2,1H3,(H,11,14)(H3,9,10,12)/t6-/m0/s1. The van der Waals surface area contributed by atoms with E-state index in [1.165, 1.54) is 7.11 Å². The fraction of sp³-hybridized carbons (Fsp3) is 0.625. The highest BCUT2D eigenvalue weighted by Crippen LogP contribution is 1.99. The van der Waals surface area contributed by atoms with Gasteiger partial charge in [0.25, 0.3) is 5.96 Å². The van der Waals surface area contributed by atoms with Crippen molar-refractivity contribution in [3.63, 3.8) is 0 Å². The molecule has 0 aliphatic heterocycles. The number of aliphatic imine (C=N–C) groups is 1. The van der Waals surface area contributed by atoms with E-state index < -0.39 is 17.0 Å². The summed E-state index contributed by atoms with van der Waals surface area (Å²) in [6.45, 7) is 0.181. The van der Waals surface area contributed by atoms with Crippen molar-refractivity contribution in [2.24, 2.45) is 10.7 Å². The first kappa shape index (κ1) is 15.6. The molecule has 0 aromatic carbocycles. The molecule has 0 unspecified atom stereocenters. The number of methoxy groups -OCH3 is 1. The Balaban J connectivity index is 4.02. The molecule has 0 saturated carbocycles. The van der Waals surface area contributed by atoms with Crippen molar-refractivity contribution in [2.75, 3.05) is 13.7 Å². The molecule has 0 saturated heterocycles. The minimum atomic E-state index is -0.829. The van der Waals surface area contributed by atoms with Crippen LogP contribution in [-0.2, 0) is 14.3 Å². The Bertz CT molecular complexity index is 332. The summed E-state index contributed by atoms with van der Waals surface area (Å²) in [6, 6.07) is -0.757. The van der Waals surface area contributed by atoms with Crippen molar-refractivity contribution in [1.82, 2.24) is 10.7 Å². The smallest absolute Gasteiger partial charge is 0.328 e. The van der Waals surface area contributed by atoms with Gasteiger partial charge in [0.15, 0.2) is 5.03 Å². The first-order valence-electron chi connectivity index (χ1n) is 4.99. The monoisotopic (exact) mass is 261 g/mol. The summed E-state index contributed by atoms with van der Waals surface area (Å²) >= 11 is 0. The van der Waals surface area contributed by atoms with Crippen LogP contribution in [0.5, 0.6) is 0 Å². The van der Waals surface area contributed by atoms with Crippen molar-refractivity contribution >= 4 is 18.3 Å². The highest BCUT2D eigenvalue weighted by atomic mass is 16.7. The number of carbonyl (C=O) groups is 2. The third kappa shape index (κ3) is 6.98. The van der Waals surface area contributed by atoms with Crippen LogP contribution in [0.15, 0.2) is 4.99 Å². The number of nitrogens with one attached hydrogen (secondary N) is 2. The third-order valence-electron chi connectivity index (χ3n) is 1.89. The van der Waals surface area contributed by atoms with Gasteiger partial charge in [0.05, 0.1) is 7.11 Å². The number of nitrogens with zero attached hydrogens (tertiary/aromatic N) is 2. The number of nitro groups is 1. The van der Waals surface area contributed by atoms with Crippen LogP contribution in [0.2, 0.25) is 0 Å². The average Bonchev–Trinajstić information content (AvgIpc) is 2.31. The zero-order valence-electron chi connectivity index (χ0n) is 9.79. The first-order valence-corrected chi connectivity index (χ1v) is 4.99. The molecule has 0 radical (unpaired) electrons. The molecule has 10 heteroatoms. The summed E-state index contributed by atoms with van der Waals surface area (Å²) < 4.78 is 4.47. The Morgan fingerprint density at radius 1 is 1.67 bits per heavy atom. The Morgan fingerprint density at radius 3 is 2.83 bits per heavy atom. The highest BCUT2D eigenvalue weighted by molar-refractivity contribution is 5.78. The topological polar surface area (TPSA) is 149 Å². The lowest BCUT2D eigenvalue weighted by Crippen LogP contribution is -2.37. The van der Waals surface area contributed by atoms with Crippen molar-refractivity contribution in [2.45, 2.75) is 18.9 Å². The largest absolute Gasteiger partial charge is 0.467 e. The van der Waals surface area contributed by atoms with Gasteiger partial charge >= 0.3 is 5.97 Å². The van der Waals surface area contributed by atoms with Gasteiger partial charge in [-0.1, -0.05) is 5.43 Å². The number of hydrazine groups is 1. The van der Waals surface area contributed by atoms with Gasteiger partial charge in [0, 0.05) is 6.54 Å². The van der Waals surface area contributed by atoms with Crippen molar-refractivity contribution in [1.29, 1.82) is 0 Å². The lowest BCUT2D eigenvalue weighted by molar-refractivity contribution is -0.525. The Labute approximate surface area is 103 Å². The second-order valence-corrected chi connectivity index (χ2v) is 3.14. The van der Waals surface area contributed by atoms with Gasteiger partial charge in [-0.2, -0.15) is 0 Å². The fourth-order valence-electron chi connectivity index (χ4n) is 1.12. The van der Waals surface area contributed by atoms with Gasteiger partial charge in [-0.3, -0.25) is 4.79 Å². The van der Waals surface area contributed by atoms with Crippen molar-refractivity contribution < 1.29 is 19.4 Å². The van der Waals surface area contributed by atoms with Crippen LogP contribution in [0.3, 0.4) is 0 Å². The molecular weight excluding hydrogens is 246 g/mol. The fourth-order valence-corrected chi connectivity index (χ4v) is 1.12. The quantitative estimate of drug-likeness (QED) is 0.0882. The summed E-state index contributed by atoms with van der Waals surface area (Å²) in [5.41, 5.74) is 6.85. The SMILES string of the molecule is COC(=O)[C@H](CCCN=C(N)N[N+](=O)[O-])NC=O. The number of nitrogens with two attached hydrogens (primary N) is 1. The second kappa shape index (κ2) is 8.73. The van der Waals surface area contributed by atoms with Crippen LogP contribution < -0.4 is 16.5 Å². The second-order valence-electron chi connectivity index (χ2n) is 3.14. The van der Waals surface area contributed by atoms with Gasteiger partial charge in [-0.15, -0.1) is 0 Å². The molecule has 1 amide bonds. The Hall–Kier alpha value is -2.39. The summed E-state index contributed by atoms with van der Waals surface area (Å²) in [5, 5.41) is 11.5. The summed E-state index contributed by atoms with van der Waals surface area (Å²) in [5.74, 6) is -0.888. The number of hydrogen-bond acceptors (Lipinski definition) is 6.